The molecule has 1 aliphatic carbocycles. The number of aliphatic hydroxyl groups is 1. The predicted molar refractivity (Wildman–Crippen MR) is 69.4 cm³/mol. The maximum atomic E-state index is 11.6. The van der Waals surface area contributed by atoms with Crippen molar-refractivity contribution in [2.45, 2.75) is 44.1 Å². The minimum atomic E-state index is -1.12. The van der Waals surface area contributed by atoms with Crippen LogP contribution in [0.3, 0.4) is 0 Å². The molecule has 0 heterocycles. The first kappa shape index (κ1) is 13.1. The van der Waals surface area contributed by atoms with Gasteiger partial charge in [0.05, 0.1) is 5.60 Å². The van der Waals surface area contributed by atoms with Gasteiger partial charge in [-0.15, -0.1) is 0 Å². The summed E-state index contributed by atoms with van der Waals surface area (Å²) in [5.74, 6) is -1.74. The number of carboxylic acid groups (broad SMARTS) is 1. The van der Waals surface area contributed by atoms with Gasteiger partial charge >= 0.3 is 5.97 Å². The summed E-state index contributed by atoms with van der Waals surface area (Å²) in [5, 5.41) is 20.3. The van der Waals surface area contributed by atoms with Gasteiger partial charge in [-0.1, -0.05) is 50.1 Å². The highest BCUT2D eigenvalue weighted by Crippen LogP contribution is 2.43. The molecule has 98 valence electrons. The predicted octanol–water partition coefficient (Wildman–Crippen LogP) is 2.80. The lowest BCUT2D eigenvalue weighted by Crippen LogP contribution is -2.47. The van der Waals surface area contributed by atoms with Crippen LogP contribution in [0, 0.1) is 5.92 Å². The molecule has 18 heavy (non-hydrogen) atoms. The summed E-state index contributed by atoms with van der Waals surface area (Å²) in [7, 11) is 0. The Balaban J connectivity index is 2.39. The molecular weight excluding hydrogens is 228 g/mol. The molecular formula is C15H20O3. The van der Waals surface area contributed by atoms with Crippen molar-refractivity contribution in [2.75, 3.05) is 0 Å². The number of aliphatic carboxylic acids is 1. The van der Waals surface area contributed by atoms with Gasteiger partial charge in [-0.3, -0.25) is 4.79 Å². The molecule has 1 aromatic rings. The minimum absolute atomic E-state index is 0.0209. The fraction of sp³-hybridized carbons (Fsp3) is 0.533. The van der Waals surface area contributed by atoms with Gasteiger partial charge in [0, 0.05) is 0 Å². The van der Waals surface area contributed by atoms with Gasteiger partial charge in [-0.2, -0.15) is 0 Å². The van der Waals surface area contributed by atoms with E-state index >= 15 is 0 Å². The van der Waals surface area contributed by atoms with Crippen molar-refractivity contribution in [3.05, 3.63) is 35.9 Å². The molecule has 0 saturated heterocycles. The third-order valence-electron chi connectivity index (χ3n) is 4.20. The largest absolute Gasteiger partial charge is 0.481 e. The van der Waals surface area contributed by atoms with E-state index in [4.69, 9.17) is 0 Å². The maximum absolute atomic E-state index is 11.6. The first-order valence-corrected chi connectivity index (χ1v) is 6.56. The third kappa shape index (κ3) is 2.27. The minimum Gasteiger partial charge on any atom is -0.481 e. The Morgan fingerprint density at radius 2 is 2.00 bits per heavy atom. The van der Waals surface area contributed by atoms with Crippen LogP contribution < -0.4 is 0 Å². The summed E-state index contributed by atoms with van der Waals surface area (Å²) in [4.78, 5) is 11.6. The van der Waals surface area contributed by atoms with Gasteiger partial charge in [-0.25, -0.2) is 0 Å². The van der Waals surface area contributed by atoms with Crippen molar-refractivity contribution in [1.29, 1.82) is 0 Å². The van der Waals surface area contributed by atoms with Crippen molar-refractivity contribution >= 4 is 5.97 Å². The van der Waals surface area contributed by atoms with E-state index in [9.17, 15) is 15.0 Å². The van der Waals surface area contributed by atoms with Crippen molar-refractivity contribution < 1.29 is 15.0 Å². The van der Waals surface area contributed by atoms with Crippen LogP contribution >= 0.6 is 0 Å². The van der Waals surface area contributed by atoms with Crippen LogP contribution in [0.1, 0.15) is 44.1 Å². The Labute approximate surface area is 107 Å². The zero-order chi connectivity index (χ0) is 13.2. The molecule has 3 nitrogen and oxygen atoms in total. The lowest BCUT2D eigenvalue weighted by molar-refractivity contribution is -0.151. The van der Waals surface area contributed by atoms with E-state index in [1.807, 2.05) is 25.1 Å². The van der Waals surface area contributed by atoms with E-state index in [0.717, 1.165) is 19.3 Å². The molecule has 0 amide bonds. The van der Waals surface area contributed by atoms with Crippen LogP contribution in [-0.4, -0.2) is 21.8 Å². The van der Waals surface area contributed by atoms with Gasteiger partial charge in [-0.05, 0) is 24.3 Å². The van der Waals surface area contributed by atoms with Crippen molar-refractivity contribution in [3.63, 3.8) is 0 Å². The molecule has 0 aliphatic heterocycles. The fourth-order valence-corrected chi connectivity index (χ4v) is 3.07. The number of hydrogen-bond acceptors (Lipinski definition) is 2. The van der Waals surface area contributed by atoms with Gasteiger partial charge in [0.1, 0.15) is 5.92 Å². The molecule has 2 rings (SSSR count). The summed E-state index contributed by atoms with van der Waals surface area (Å²) in [6.45, 7) is 1.96. The van der Waals surface area contributed by atoms with Gasteiger partial charge < -0.3 is 10.2 Å². The highest BCUT2D eigenvalue weighted by molar-refractivity contribution is 5.78. The Morgan fingerprint density at radius 3 is 2.56 bits per heavy atom. The molecule has 0 bridgehead atoms. The van der Waals surface area contributed by atoms with E-state index < -0.39 is 17.5 Å². The van der Waals surface area contributed by atoms with E-state index in [1.165, 1.54) is 0 Å². The van der Waals surface area contributed by atoms with E-state index in [-0.39, 0.29) is 5.92 Å². The zero-order valence-electron chi connectivity index (χ0n) is 10.7. The topological polar surface area (TPSA) is 57.5 Å². The van der Waals surface area contributed by atoms with Crippen molar-refractivity contribution in [1.82, 2.24) is 0 Å². The van der Waals surface area contributed by atoms with Crippen LogP contribution in [0.4, 0.5) is 0 Å². The van der Waals surface area contributed by atoms with E-state index in [2.05, 4.69) is 0 Å². The summed E-state index contributed by atoms with van der Waals surface area (Å²) in [5.41, 5.74) is -0.424. The Morgan fingerprint density at radius 1 is 1.33 bits per heavy atom. The first-order valence-electron chi connectivity index (χ1n) is 6.56. The molecule has 1 aromatic carbocycles. The van der Waals surface area contributed by atoms with E-state index in [1.54, 1.807) is 12.1 Å². The summed E-state index contributed by atoms with van der Waals surface area (Å²) in [6, 6.07) is 9.08. The average molecular weight is 248 g/mol. The maximum Gasteiger partial charge on any atom is 0.313 e. The molecule has 3 atom stereocenters. The highest BCUT2D eigenvalue weighted by Gasteiger charge is 2.47. The van der Waals surface area contributed by atoms with Gasteiger partial charge in [0.25, 0.3) is 0 Å². The quantitative estimate of drug-likeness (QED) is 0.864. The summed E-state index contributed by atoms with van der Waals surface area (Å²) in [6.07, 6.45) is 3.44. The molecule has 1 saturated carbocycles. The Kier molecular flexibility index (Phi) is 3.71. The second kappa shape index (κ2) is 5.11. The molecule has 2 N–H and O–H groups in total. The second-order valence-electron chi connectivity index (χ2n) is 5.32. The van der Waals surface area contributed by atoms with E-state index in [0.29, 0.717) is 12.0 Å². The van der Waals surface area contributed by atoms with Crippen LogP contribution in [0.25, 0.3) is 0 Å². The molecule has 0 aromatic heterocycles. The second-order valence-corrected chi connectivity index (χ2v) is 5.32. The number of carbonyl (C=O) groups is 1. The standard InChI is InChI=1S/C15H20O3/c1-11-7-5-6-10-15(11,18)13(14(16)17)12-8-3-2-4-9-12/h2-4,8-9,11,13,18H,5-7,10H2,1H3,(H,16,17)/t11-,13-,15+/m0/s1. The monoisotopic (exact) mass is 248 g/mol. The zero-order valence-corrected chi connectivity index (χ0v) is 10.7. The van der Waals surface area contributed by atoms with Crippen LogP contribution in [0.15, 0.2) is 30.3 Å². The molecule has 0 spiro atoms. The number of carboxylic acids is 1. The molecule has 1 aliphatic rings. The molecule has 0 unspecified atom stereocenters. The van der Waals surface area contributed by atoms with Gasteiger partial charge in [0.2, 0.25) is 0 Å². The SMILES string of the molecule is C[C@H]1CCCC[C@]1(O)[C@H](C(=O)O)c1ccccc1. The molecule has 1 fully saturated rings. The Hall–Kier alpha value is -1.35. The van der Waals surface area contributed by atoms with Crippen LogP contribution in [0.5, 0.6) is 0 Å². The van der Waals surface area contributed by atoms with Gasteiger partial charge in [0.15, 0.2) is 0 Å². The van der Waals surface area contributed by atoms with Crippen LogP contribution in [-0.2, 0) is 4.79 Å². The summed E-state index contributed by atoms with van der Waals surface area (Å²) >= 11 is 0. The number of hydrogen-bond donors (Lipinski definition) is 2. The Bertz CT molecular complexity index is 415. The number of benzene rings is 1. The smallest absolute Gasteiger partial charge is 0.313 e. The molecule has 0 radical (unpaired) electrons. The normalized spacial score (nSPS) is 29.8. The van der Waals surface area contributed by atoms with Crippen molar-refractivity contribution in [3.8, 4) is 0 Å². The summed E-state index contributed by atoms with van der Waals surface area (Å²) < 4.78 is 0. The van der Waals surface area contributed by atoms with Crippen molar-refractivity contribution in [2.24, 2.45) is 5.92 Å². The number of rotatable bonds is 3. The third-order valence-corrected chi connectivity index (χ3v) is 4.20. The lowest BCUT2D eigenvalue weighted by Gasteiger charge is -2.42. The molecule has 3 heteroatoms. The lowest BCUT2D eigenvalue weighted by atomic mass is 9.67. The first-order chi connectivity index (χ1) is 8.55. The average Bonchev–Trinajstić information content (AvgIpc) is 2.34. The fourth-order valence-electron chi connectivity index (χ4n) is 3.07. The van der Waals surface area contributed by atoms with Crippen LogP contribution in [0.2, 0.25) is 0 Å². The highest BCUT2D eigenvalue weighted by atomic mass is 16.4.